The van der Waals surface area contributed by atoms with Crippen LogP contribution >= 0.6 is 0 Å². The first-order valence-corrected chi connectivity index (χ1v) is 10.4. The Morgan fingerprint density at radius 1 is 1.18 bits per heavy atom. The van der Waals surface area contributed by atoms with Crippen LogP contribution in [0, 0.1) is 0 Å². The van der Waals surface area contributed by atoms with E-state index in [9.17, 15) is 9.32 Å². The third-order valence-electron chi connectivity index (χ3n) is 4.68. The third-order valence-corrected chi connectivity index (χ3v) is 6.14. The molecule has 1 aliphatic rings. The minimum atomic E-state index is -3.05. The summed E-state index contributed by atoms with van der Waals surface area (Å²) in [5.41, 5.74) is -0.0638. The Labute approximate surface area is 163 Å². The van der Waals surface area contributed by atoms with Gasteiger partial charge in [0.05, 0.1) is 29.7 Å². The summed E-state index contributed by atoms with van der Waals surface area (Å²) in [7, 11) is -1.44. The monoisotopic (exact) mass is 399 g/mol. The van der Waals surface area contributed by atoms with Crippen LogP contribution in [0.3, 0.4) is 0 Å². The molecule has 1 heterocycles. The van der Waals surface area contributed by atoms with Crippen LogP contribution in [0.5, 0.6) is 17.2 Å². The maximum absolute atomic E-state index is 12.6. The molecular formula is C20H21N3O4S. The largest absolute Gasteiger partial charge is 0.497 e. The number of hydrogen-bond acceptors (Lipinski definition) is 6. The summed E-state index contributed by atoms with van der Waals surface area (Å²) in [6.07, 6.45) is 3.01. The third kappa shape index (κ3) is 3.94. The molecule has 0 amide bonds. The van der Waals surface area contributed by atoms with Gasteiger partial charge in [0.25, 0.3) is 0 Å². The summed E-state index contributed by atoms with van der Waals surface area (Å²) in [6, 6.07) is 14.0. The van der Waals surface area contributed by atoms with Gasteiger partial charge in [0.1, 0.15) is 27.2 Å². The second kappa shape index (κ2) is 7.05. The van der Waals surface area contributed by atoms with Crippen molar-refractivity contribution in [2.24, 2.45) is 9.50 Å². The van der Waals surface area contributed by atoms with Gasteiger partial charge in [0.2, 0.25) is 0 Å². The highest BCUT2D eigenvalue weighted by Gasteiger charge is 2.40. The van der Waals surface area contributed by atoms with Gasteiger partial charge in [0.15, 0.2) is 0 Å². The second-order valence-electron chi connectivity index (χ2n) is 6.85. The fourth-order valence-corrected chi connectivity index (χ4v) is 3.85. The molecule has 1 aromatic heterocycles. The van der Waals surface area contributed by atoms with Gasteiger partial charge in [-0.25, -0.2) is 13.7 Å². The van der Waals surface area contributed by atoms with Crippen molar-refractivity contribution in [1.29, 1.82) is 0 Å². The molecule has 0 spiro atoms. The molecular weight excluding hydrogens is 378 g/mol. The Kier molecular flexibility index (Phi) is 4.70. The Morgan fingerprint density at radius 3 is 2.57 bits per heavy atom. The lowest BCUT2D eigenvalue weighted by molar-refractivity contribution is 0.160. The average Bonchev–Trinajstić information content (AvgIpc) is 3.44. The Bertz CT molecular complexity index is 1130. The van der Waals surface area contributed by atoms with E-state index in [4.69, 9.17) is 14.6 Å². The Hall–Kier alpha value is -2.68. The molecule has 0 radical (unpaired) electrons. The smallest absolute Gasteiger partial charge is 0.138 e. The molecule has 146 valence electrons. The van der Waals surface area contributed by atoms with Gasteiger partial charge in [-0.1, -0.05) is 0 Å². The molecule has 0 aliphatic heterocycles. The minimum Gasteiger partial charge on any atom is -0.497 e. The molecule has 2 aromatic carbocycles. The van der Waals surface area contributed by atoms with Gasteiger partial charge in [0, 0.05) is 17.6 Å². The van der Waals surface area contributed by atoms with E-state index >= 15 is 0 Å². The number of nitrogens with zero attached hydrogens (tertiary/aromatic N) is 2. The van der Waals surface area contributed by atoms with Crippen molar-refractivity contribution in [3.8, 4) is 17.2 Å². The fraction of sp³-hybridized carbons (Fsp3) is 0.250. The van der Waals surface area contributed by atoms with Crippen molar-refractivity contribution in [2.75, 3.05) is 13.7 Å². The van der Waals surface area contributed by atoms with Crippen LogP contribution in [0.1, 0.15) is 12.8 Å². The zero-order valence-corrected chi connectivity index (χ0v) is 16.2. The molecule has 3 aromatic rings. The van der Waals surface area contributed by atoms with Crippen LogP contribution in [-0.2, 0) is 9.92 Å². The van der Waals surface area contributed by atoms with E-state index in [1.54, 1.807) is 43.6 Å². The zero-order valence-electron chi connectivity index (χ0n) is 15.4. The number of hydrogen-bond donors (Lipinski definition) is 2. The summed E-state index contributed by atoms with van der Waals surface area (Å²) in [6.45, 7) is 0.0903. The number of nitrogens with two attached hydrogens (primary N) is 1. The molecule has 28 heavy (non-hydrogen) atoms. The predicted octanol–water partition coefficient (Wildman–Crippen LogP) is 3.26. The number of rotatable bonds is 6. The SMILES string of the molecule is COc1ccc2c(Oc3ccc(S(N)(=O)=NCC4(O)CC4)cc3)ccnc2c1. The van der Waals surface area contributed by atoms with E-state index in [-0.39, 0.29) is 6.54 Å². The molecule has 0 bridgehead atoms. The van der Waals surface area contributed by atoms with Crippen LogP contribution in [0.25, 0.3) is 10.9 Å². The lowest BCUT2D eigenvalue weighted by Crippen LogP contribution is -2.18. The first-order chi connectivity index (χ1) is 13.4. The second-order valence-corrected chi connectivity index (χ2v) is 8.71. The van der Waals surface area contributed by atoms with E-state index in [1.165, 1.54) is 0 Å². The number of pyridine rings is 1. The summed E-state index contributed by atoms with van der Waals surface area (Å²) >= 11 is 0. The van der Waals surface area contributed by atoms with Crippen LogP contribution in [-0.4, -0.2) is 33.6 Å². The van der Waals surface area contributed by atoms with Gasteiger partial charge < -0.3 is 14.6 Å². The molecule has 1 fully saturated rings. The first kappa shape index (κ1) is 18.7. The Balaban J connectivity index is 1.57. The number of ether oxygens (including phenoxy) is 2. The summed E-state index contributed by atoms with van der Waals surface area (Å²) < 4.78 is 27.8. The van der Waals surface area contributed by atoms with E-state index < -0.39 is 15.5 Å². The standard InChI is InChI=1S/C20H21N3O4S/c1-26-15-4-7-17-18(12-15)22-11-8-19(17)27-14-2-5-16(6-3-14)28(21,25)23-13-20(24)9-10-20/h2-8,11-12,24H,9-10,13H2,1H3,(H2,21,23,25). The quantitative estimate of drug-likeness (QED) is 0.662. The first-order valence-electron chi connectivity index (χ1n) is 8.82. The van der Waals surface area contributed by atoms with Crippen molar-refractivity contribution in [3.05, 3.63) is 54.7 Å². The summed E-state index contributed by atoms with van der Waals surface area (Å²) in [5, 5.41) is 16.6. The van der Waals surface area contributed by atoms with E-state index in [2.05, 4.69) is 9.35 Å². The summed E-state index contributed by atoms with van der Waals surface area (Å²) in [5.74, 6) is 1.94. The highest BCUT2D eigenvalue weighted by atomic mass is 32.2. The van der Waals surface area contributed by atoms with Gasteiger partial charge in [-0.2, -0.15) is 0 Å². The van der Waals surface area contributed by atoms with E-state index in [1.807, 2.05) is 18.2 Å². The molecule has 3 N–H and O–H groups in total. The van der Waals surface area contributed by atoms with Gasteiger partial charge in [-0.05, 0) is 55.3 Å². The van der Waals surface area contributed by atoms with Crippen LogP contribution < -0.4 is 14.6 Å². The van der Waals surface area contributed by atoms with Crippen molar-refractivity contribution >= 4 is 20.8 Å². The zero-order chi connectivity index (χ0) is 19.8. The number of benzene rings is 2. The number of methoxy groups -OCH3 is 1. The Morgan fingerprint density at radius 2 is 1.89 bits per heavy atom. The minimum absolute atomic E-state index is 0.0903. The molecule has 4 rings (SSSR count). The molecule has 1 unspecified atom stereocenters. The maximum Gasteiger partial charge on any atom is 0.138 e. The van der Waals surface area contributed by atoms with Crippen LogP contribution in [0.15, 0.2) is 64.0 Å². The molecule has 1 saturated carbocycles. The maximum atomic E-state index is 12.6. The average molecular weight is 399 g/mol. The fourth-order valence-electron chi connectivity index (χ4n) is 2.74. The lowest BCUT2D eigenvalue weighted by Gasteiger charge is -2.11. The van der Waals surface area contributed by atoms with Crippen molar-refractivity contribution < 1.29 is 18.8 Å². The highest BCUT2D eigenvalue weighted by Crippen LogP contribution is 2.35. The number of aliphatic hydroxyl groups is 1. The van der Waals surface area contributed by atoms with E-state index in [0.29, 0.717) is 29.2 Å². The molecule has 1 atom stereocenters. The highest BCUT2D eigenvalue weighted by molar-refractivity contribution is 7.91. The topological polar surface area (TPSA) is 107 Å². The van der Waals surface area contributed by atoms with Crippen molar-refractivity contribution in [3.63, 3.8) is 0 Å². The van der Waals surface area contributed by atoms with Gasteiger partial charge in [-0.3, -0.25) is 4.98 Å². The van der Waals surface area contributed by atoms with Crippen LogP contribution in [0.4, 0.5) is 0 Å². The van der Waals surface area contributed by atoms with Crippen molar-refractivity contribution in [2.45, 2.75) is 23.3 Å². The van der Waals surface area contributed by atoms with Gasteiger partial charge in [-0.15, -0.1) is 0 Å². The molecule has 0 saturated heterocycles. The lowest BCUT2D eigenvalue weighted by atomic mass is 10.2. The number of aromatic nitrogens is 1. The normalized spacial score (nSPS) is 17.0. The van der Waals surface area contributed by atoms with Crippen molar-refractivity contribution in [1.82, 2.24) is 4.98 Å². The van der Waals surface area contributed by atoms with Gasteiger partial charge >= 0.3 is 0 Å². The van der Waals surface area contributed by atoms with E-state index in [0.717, 1.165) is 16.7 Å². The summed E-state index contributed by atoms with van der Waals surface area (Å²) in [4.78, 5) is 4.73. The molecule has 1 aliphatic carbocycles. The predicted molar refractivity (Wildman–Crippen MR) is 107 cm³/mol. The molecule has 8 heteroatoms. The number of fused-ring (bicyclic) bond motifs is 1. The van der Waals surface area contributed by atoms with Crippen LogP contribution in [0.2, 0.25) is 0 Å². The molecule has 7 nitrogen and oxygen atoms in total.